The number of aliphatic hydroxyl groups excluding tert-OH is 1. The molecule has 0 radical (unpaired) electrons. The van der Waals surface area contributed by atoms with Gasteiger partial charge in [-0.05, 0) is 43.4 Å². The van der Waals surface area contributed by atoms with Crippen LogP contribution in [0.25, 0.3) is 0 Å². The molecule has 1 N–H and O–H groups in total. The van der Waals surface area contributed by atoms with E-state index in [4.69, 9.17) is 0 Å². The molecule has 4 unspecified atom stereocenters. The van der Waals surface area contributed by atoms with Crippen molar-refractivity contribution < 1.29 is 5.11 Å². The van der Waals surface area contributed by atoms with Crippen LogP contribution in [0.1, 0.15) is 47.0 Å². The first-order chi connectivity index (χ1) is 6.02. The molecule has 4 atom stereocenters. The van der Waals surface area contributed by atoms with E-state index in [-0.39, 0.29) is 6.10 Å². The third kappa shape index (κ3) is 2.70. The van der Waals surface area contributed by atoms with E-state index in [9.17, 15) is 5.11 Å². The lowest BCUT2D eigenvalue weighted by Crippen LogP contribution is -2.34. The van der Waals surface area contributed by atoms with Crippen molar-refractivity contribution in [3.63, 3.8) is 0 Å². The monoisotopic (exact) mass is 184 g/mol. The number of aliphatic hydroxyl groups is 1. The van der Waals surface area contributed by atoms with E-state index in [0.717, 1.165) is 17.8 Å². The largest absolute Gasteiger partial charge is 0.393 e. The van der Waals surface area contributed by atoms with Crippen molar-refractivity contribution in [2.45, 2.75) is 53.1 Å². The maximum Gasteiger partial charge on any atom is 0.0543 e. The Hall–Kier alpha value is -0.0400. The molecule has 0 aromatic rings. The van der Waals surface area contributed by atoms with Crippen LogP contribution in [0, 0.1) is 23.7 Å². The summed E-state index contributed by atoms with van der Waals surface area (Å²) in [6.07, 6.45) is 3.77. The number of rotatable bonds is 2. The quantitative estimate of drug-likeness (QED) is 0.699. The molecule has 1 fully saturated rings. The summed E-state index contributed by atoms with van der Waals surface area (Å²) in [5.74, 6) is 2.83. The number of hydrogen-bond acceptors (Lipinski definition) is 1. The van der Waals surface area contributed by atoms with Crippen LogP contribution in [-0.2, 0) is 0 Å². The van der Waals surface area contributed by atoms with Crippen LogP contribution in [0.15, 0.2) is 0 Å². The zero-order valence-electron chi connectivity index (χ0n) is 9.46. The first-order valence-electron chi connectivity index (χ1n) is 5.70. The van der Waals surface area contributed by atoms with Crippen molar-refractivity contribution in [1.29, 1.82) is 0 Å². The minimum Gasteiger partial charge on any atom is -0.393 e. The van der Waals surface area contributed by atoms with E-state index in [0.29, 0.717) is 5.92 Å². The Bertz CT molecular complexity index is 151. The first-order valence-corrected chi connectivity index (χ1v) is 5.70. The van der Waals surface area contributed by atoms with Crippen LogP contribution in [0.2, 0.25) is 0 Å². The highest BCUT2D eigenvalue weighted by Crippen LogP contribution is 2.39. The Kier molecular flexibility index (Phi) is 3.78. The molecule has 0 aromatic heterocycles. The Morgan fingerprint density at radius 2 is 1.69 bits per heavy atom. The van der Waals surface area contributed by atoms with Gasteiger partial charge >= 0.3 is 0 Å². The molecule has 0 spiro atoms. The average Bonchev–Trinajstić information content (AvgIpc) is 2.03. The maximum absolute atomic E-state index is 9.71. The van der Waals surface area contributed by atoms with E-state index in [1.807, 2.05) is 6.92 Å². The summed E-state index contributed by atoms with van der Waals surface area (Å²) in [6.45, 7) is 8.84. The van der Waals surface area contributed by atoms with Crippen molar-refractivity contribution in [2.24, 2.45) is 23.7 Å². The molecule has 0 aromatic carbocycles. The molecular weight excluding hydrogens is 160 g/mol. The second kappa shape index (κ2) is 4.45. The SMILES string of the molecule is CC1CCC(C(C)C)C(C(C)O)C1. The van der Waals surface area contributed by atoms with Crippen LogP contribution in [0.4, 0.5) is 0 Å². The Morgan fingerprint density at radius 3 is 2.15 bits per heavy atom. The lowest BCUT2D eigenvalue weighted by atomic mass is 9.68. The van der Waals surface area contributed by atoms with Gasteiger partial charge in [-0.1, -0.05) is 27.2 Å². The van der Waals surface area contributed by atoms with Gasteiger partial charge in [0, 0.05) is 0 Å². The predicted molar refractivity (Wildman–Crippen MR) is 56.5 cm³/mol. The highest BCUT2D eigenvalue weighted by Gasteiger charge is 2.33. The average molecular weight is 184 g/mol. The maximum atomic E-state index is 9.71. The minimum absolute atomic E-state index is 0.116. The molecule has 1 aliphatic carbocycles. The molecule has 78 valence electrons. The van der Waals surface area contributed by atoms with Gasteiger partial charge in [0.05, 0.1) is 6.10 Å². The van der Waals surface area contributed by atoms with E-state index < -0.39 is 0 Å². The third-order valence-electron chi connectivity index (χ3n) is 3.69. The fourth-order valence-corrected chi connectivity index (χ4v) is 2.83. The molecule has 1 nitrogen and oxygen atoms in total. The smallest absolute Gasteiger partial charge is 0.0543 e. The second-order valence-electron chi connectivity index (χ2n) is 5.23. The molecule has 0 amide bonds. The zero-order valence-corrected chi connectivity index (χ0v) is 9.46. The Morgan fingerprint density at radius 1 is 1.08 bits per heavy atom. The predicted octanol–water partition coefficient (Wildman–Crippen LogP) is 3.08. The highest BCUT2D eigenvalue weighted by molar-refractivity contribution is 4.83. The zero-order chi connectivity index (χ0) is 10.0. The number of hydrogen-bond donors (Lipinski definition) is 1. The van der Waals surface area contributed by atoms with Crippen LogP contribution < -0.4 is 0 Å². The summed E-state index contributed by atoms with van der Waals surface area (Å²) in [5, 5.41) is 9.71. The van der Waals surface area contributed by atoms with Gasteiger partial charge in [0.1, 0.15) is 0 Å². The van der Waals surface area contributed by atoms with Gasteiger partial charge < -0.3 is 5.11 Å². The third-order valence-corrected chi connectivity index (χ3v) is 3.69. The molecular formula is C12H24O. The van der Waals surface area contributed by atoms with Gasteiger partial charge in [-0.25, -0.2) is 0 Å². The van der Waals surface area contributed by atoms with Gasteiger partial charge in [-0.2, -0.15) is 0 Å². The second-order valence-corrected chi connectivity index (χ2v) is 5.23. The van der Waals surface area contributed by atoms with Crippen LogP contribution in [-0.4, -0.2) is 11.2 Å². The molecule has 1 saturated carbocycles. The summed E-state index contributed by atoms with van der Waals surface area (Å²) in [4.78, 5) is 0. The van der Waals surface area contributed by atoms with Crippen LogP contribution in [0.3, 0.4) is 0 Å². The summed E-state index contributed by atoms with van der Waals surface area (Å²) < 4.78 is 0. The van der Waals surface area contributed by atoms with Crippen molar-refractivity contribution >= 4 is 0 Å². The lowest BCUT2D eigenvalue weighted by Gasteiger charge is -2.39. The lowest BCUT2D eigenvalue weighted by molar-refractivity contribution is 0.0268. The van der Waals surface area contributed by atoms with Gasteiger partial charge in [0.2, 0.25) is 0 Å². The topological polar surface area (TPSA) is 20.2 Å². The van der Waals surface area contributed by atoms with Crippen LogP contribution >= 0.6 is 0 Å². The first kappa shape index (κ1) is 11.0. The van der Waals surface area contributed by atoms with E-state index in [1.54, 1.807) is 0 Å². The van der Waals surface area contributed by atoms with Gasteiger partial charge in [0.25, 0.3) is 0 Å². The fourth-order valence-electron chi connectivity index (χ4n) is 2.83. The summed E-state index contributed by atoms with van der Waals surface area (Å²) >= 11 is 0. The molecule has 0 saturated heterocycles. The summed E-state index contributed by atoms with van der Waals surface area (Å²) in [6, 6.07) is 0. The molecule has 1 heteroatoms. The Labute approximate surface area is 82.5 Å². The fraction of sp³-hybridized carbons (Fsp3) is 1.00. The molecule has 0 bridgehead atoms. The molecule has 0 heterocycles. The summed E-state index contributed by atoms with van der Waals surface area (Å²) in [7, 11) is 0. The summed E-state index contributed by atoms with van der Waals surface area (Å²) in [5.41, 5.74) is 0. The molecule has 1 aliphatic rings. The van der Waals surface area contributed by atoms with Gasteiger partial charge in [-0.3, -0.25) is 0 Å². The van der Waals surface area contributed by atoms with Crippen LogP contribution in [0.5, 0.6) is 0 Å². The van der Waals surface area contributed by atoms with Crippen molar-refractivity contribution in [2.75, 3.05) is 0 Å². The molecule has 13 heavy (non-hydrogen) atoms. The van der Waals surface area contributed by atoms with E-state index >= 15 is 0 Å². The van der Waals surface area contributed by atoms with Crippen molar-refractivity contribution in [3.05, 3.63) is 0 Å². The minimum atomic E-state index is -0.116. The molecule has 0 aliphatic heterocycles. The van der Waals surface area contributed by atoms with Crippen molar-refractivity contribution in [3.8, 4) is 0 Å². The normalized spacial score (nSPS) is 37.8. The van der Waals surface area contributed by atoms with E-state index in [2.05, 4.69) is 20.8 Å². The van der Waals surface area contributed by atoms with E-state index in [1.165, 1.54) is 19.3 Å². The Balaban J connectivity index is 2.60. The standard InChI is InChI=1S/C12H24O/c1-8(2)11-6-5-9(3)7-12(11)10(4)13/h8-13H,5-7H2,1-4H3. The van der Waals surface area contributed by atoms with Gasteiger partial charge in [-0.15, -0.1) is 0 Å². The van der Waals surface area contributed by atoms with Crippen molar-refractivity contribution in [1.82, 2.24) is 0 Å². The highest BCUT2D eigenvalue weighted by atomic mass is 16.3. The molecule has 1 rings (SSSR count). The van der Waals surface area contributed by atoms with Gasteiger partial charge in [0.15, 0.2) is 0 Å².